The number of hydrogen-bond acceptors (Lipinski definition) is 3. The minimum Gasteiger partial charge on any atom is -0.282 e. The monoisotopic (exact) mass is 357 g/mol. The first-order valence-electron chi connectivity index (χ1n) is 7.34. The maximum absolute atomic E-state index is 13.2. The number of hydrogen-bond donors (Lipinski definition) is 1. The second kappa shape index (κ2) is 6.22. The minimum absolute atomic E-state index is 0.0532. The first kappa shape index (κ1) is 16.4. The van der Waals surface area contributed by atoms with Crippen molar-refractivity contribution in [3.8, 4) is 0 Å². The van der Waals surface area contributed by atoms with Crippen LogP contribution in [0.15, 0.2) is 29.3 Å². The summed E-state index contributed by atoms with van der Waals surface area (Å²) in [5, 5.41) is 6.88. The van der Waals surface area contributed by atoms with Crippen LogP contribution < -0.4 is 0 Å². The molecule has 1 aromatic carbocycles. The number of aryl methyl sites for hydroxylation is 1. The molecule has 1 unspecified atom stereocenters. The van der Waals surface area contributed by atoms with E-state index in [4.69, 9.17) is 11.6 Å². The molecule has 1 aliphatic heterocycles. The zero-order chi connectivity index (χ0) is 16.6. The molecule has 0 amide bonds. The molecule has 2 aromatic rings. The normalized spacial score (nSPS) is 19.9. The zero-order valence-electron chi connectivity index (χ0n) is 12.6. The van der Waals surface area contributed by atoms with E-state index in [0.29, 0.717) is 13.1 Å². The Labute approximate surface area is 139 Å². The van der Waals surface area contributed by atoms with Gasteiger partial charge in [0.2, 0.25) is 10.0 Å². The molecule has 0 radical (unpaired) electrons. The zero-order valence-corrected chi connectivity index (χ0v) is 14.2. The van der Waals surface area contributed by atoms with Gasteiger partial charge in [0, 0.05) is 24.7 Å². The summed E-state index contributed by atoms with van der Waals surface area (Å²) in [5.74, 6) is -0.487. The van der Waals surface area contributed by atoms with Gasteiger partial charge in [-0.1, -0.05) is 11.6 Å². The van der Waals surface area contributed by atoms with Gasteiger partial charge in [0.1, 0.15) is 10.7 Å². The molecule has 1 atom stereocenters. The Kier molecular flexibility index (Phi) is 4.44. The number of nitrogens with one attached hydrogen (secondary N) is 1. The second-order valence-electron chi connectivity index (χ2n) is 5.74. The van der Waals surface area contributed by atoms with E-state index < -0.39 is 15.8 Å². The van der Waals surface area contributed by atoms with E-state index in [9.17, 15) is 12.8 Å². The molecule has 1 fully saturated rings. The highest BCUT2D eigenvalue weighted by Crippen LogP contribution is 2.32. The molecule has 5 nitrogen and oxygen atoms in total. The van der Waals surface area contributed by atoms with E-state index in [2.05, 4.69) is 10.2 Å². The fourth-order valence-corrected chi connectivity index (χ4v) is 5.02. The molecule has 124 valence electrons. The van der Waals surface area contributed by atoms with Gasteiger partial charge < -0.3 is 0 Å². The lowest BCUT2D eigenvalue weighted by molar-refractivity contribution is 0.312. The van der Waals surface area contributed by atoms with Gasteiger partial charge in [0.15, 0.2) is 0 Å². The van der Waals surface area contributed by atoms with Crippen LogP contribution in [0.25, 0.3) is 0 Å². The first-order chi connectivity index (χ1) is 10.9. The molecule has 23 heavy (non-hydrogen) atoms. The number of piperidine rings is 1. The van der Waals surface area contributed by atoms with Gasteiger partial charge in [-0.15, -0.1) is 0 Å². The number of nitrogens with zero attached hydrogens (tertiary/aromatic N) is 2. The van der Waals surface area contributed by atoms with Crippen LogP contribution in [-0.2, 0) is 10.0 Å². The van der Waals surface area contributed by atoms with Crippen molar-refractivity contribution >= 4 is 21.6 Å². The van der Waals surface area contributed by atoms with Crippen LogP contribution in [0.4, 0.5) is 4.39 Å². The SMILES string of the molecule is Cc1cn[nH]c1C1CCCN(S(=O)(=O)c2ccc(F)cc2Cl)C1. The Morgan fingerprint density at radius 1 is 1.43 bits per heavy atom. The van der Waals surface area contributed by atoms with Crippen molar-refractivity contribution < 1.29 is 12.8 Å². The molecule has 0 bridgehead atoms. The van der Waals surface area contributed by atoms with Crippen LogP contribution in [0.5, 0.6) is 0 Å². The largest absolute Gasteiger partial charge is 0.282 e. The lowest BCUT2D eigenvalue weighted by Crippen LogP contribution is -2.39. The van der Waals surface area contributed by atoms with Crippen molar-refractivity contribution in [3.05, 3.63) is 46.5 Å². The third-order valence-corrected chi connectivity index (χ3v) is 6.52. The average molecular weight is 358 g/mol. The van der Waals surface area contributed by atoms with Crippen molar-refractivity contribution in [1.82, 2.24) is 14.5 Å². The second-order valence-corrected chi connectivity index (χ2v) is 8.06. The molecule has 1 N–H and O–H groups in total. The van der Waals surface area contributed by atoms with Crippen LogP contribution in [0.2, 0.25) is 5.02 Å². The highest BCUT2D eigenvalue weighted by molar-refractivity contribution is 7.89. The molecule has 1 aromatic heterocycles. The molecule has 0 spiro atoms. The molecular formula is C15H17ClFN3O2S. The molecule has 0 saturated carbocycles. The van der Waals surface area contributed by atoms with E-state index in [-0.39, 0.29) is 15.8 Å². The third kappa shape index (κ3) is 3.13. The van der Waals surface area contributed by atoms with E-state index in [1.165, 1.54) is 10.4 Å². The van der Waals surface area contributed by atoms with Crippen LogP contribution >= 0.6 is 11.6 Å². The van der Waals surface area contributed by atoms with Crippen LogP contribution in [0, 0.1) is 12.7 Å². The highest BCUT2D eigenvalue weighted by atomic mass is 35.5. The maximum Gasteiger partial charge on any atom is 0.244 e. The molecule has 0 aliphatic carbocycles. The molecule has 1 aliphatic rings. The summed E-state index contributed by atoms with van der Waals surface area (Å²) in [6, 6.07) is 3.35. The molecule has 3 rings (SSSR count). The Bertz CT molecular complexity index is 822. The summed E-state index contributed by atoms with van der Waals surface area (Å²) in [7, 11) is -3.75. The number of aromatic nitrogens is 2. The van der Waals surface area contributed by atoms with E-state index >= 15 is 0 Å². The van der Waals surface area contributed by atoms with E-state index in [0.717, 1.165) is 36.2 Å². The number of halogens is 2. The van der Waals surface area contributed by atoms with Crippen molar-refractivity contribution in [1.29, 1.82) is 0 Å². The summed E-state index contributed by atoms with van der Waals surface area (Å²) in [4.78, 5) is -0.0532. The quantitative estimate of drug-likeness (QED) is 0.918. The standard InChI is InChI=1S/C15H17ClFN3O2S/c1-10-8-18-19-15(10)11-3-2-6-20(9-11)23(21,22)14-5-4-12(17)7-13(14)16/h4-5,7-8,11H,2-3,6,9H2,1H3,(H,18,19). The summed E-state index contributed by atoms with van der Waals surface area (Å²) in [6.45, 7) is 2.74. The minimum atomic E-state index is -3.75. The molecular weight excluding hydrogens is 341 g/mol. The van der Waals surface area contributed by atoms with Gasteiger partial charge in [0.05, 0.1) is 11.2 Å². The number of benzene rings is 1. The maximum atomic E-state index is 13.2. The van der Waals surface area contributed by atoms with Crippen molar-refractivity contribution in [2.45, 2.75) is 30.6 Å². The summed E-state index contributed by atoms with van der Waals surface area (Å²) >= 11 is 5.93. The Morgan fingerprint density at radius 3 is 2.87 bits per heavy atom. The fourth-order valence-electron chi connectivity index (χ4n) is 2.99. The molecule has 1 saturated heterocycles. The van der Waals surface area contributed by atoms with Crippen LogP contribution in [0.1, 0.15) is 30.0 Å². The number of H-pyrrole nitrogens is 1. The van der Waals surface area contributed by atoms with E-state index in [1.54, 1.807) is 6.20 Å². The van der Waals surface area contributed by atoms with Crippen LogP contribution in [-0.4, -0.2) is 36.0 Å². The van der Waals surface area contributed by atoms with Crippen molar-refractivity contribution in [2.24, 2.45) is 0 Å². The lowest BCUT2D eigenvalue weighted by atomic mass is 9.94. The predicted molar refractivity (Wildman–Crippen MR) is 85.5 cm³/mol. The number of aromatic amines is 1. The first-order valence-corrected chi connectivity index (χ1v) is 9.16. The molecule has 8 heteroatoms. The number of rotatable bonds is 3. The molecule has 2 heterocycles. The Hall–Kier alpha value is -1.44. The average Bonchev–Trinajstić information content (AvgIpc) is 2.93. The predicted octanol–water partition coefficient (Wildman–Crippen LogP) is 3.08. The van der Waals surface area contributed by atoms with Gasteiger partial charge in [-0.3, -0.25) is 5.10 Å². The smallest absolute Gasteiger partial charge is 0.244 e. The van der Waals surface area contributed by atoms with Crippen LogP contribution in [0.3, 0.4) is 0 Å². The topological polar surface area (TPSA) is 66.1 Å². The fraction of sp³-hybridized carbons (Fsp3) is 0.400. The summed E-state index contributed by atoms with van der Waals surface area (Å²) in [6.07, 6.45) is 3.38. The van der Waals surface area contributed by atoms with Crippen molar-refractivity contribution in [2.75, 3.05) is 13.1 Å². The van der Waals surface area contributed by atoms with Gasteiger partial charge >= 0.3 is 0 Å². The third-order valence-electron chi connectivity index (χ3n) is 4.17. The van der Waals surface area contributed by atoms with E-state index in [1.807, 2.05) is 6.92 Å². The highest BCUT2D eigenvalue weighted by Gasteiger charge is 2.33. The van der Waals surface area contributed by atoms with Gasteiger partial charge in [-0.2, -0.15) is 9.40 Å². The number of sulfonamides is 1. The summed E-state index contributed by atoms with van der Waals surface area (Å²) in [5.41, 5.74) is 1.99. The summed E-state index contributed by atoms with van der Waals surface area (Å²) < 4.78 is 40.2. The van der Waals surface area contributed by atoms with Gasteiger partial charge in [-0.05, 0) is 43.5 Å². The Balaban J connectivity index is 1.89. The Morgan fingerprint density at radius 2 is 2.22 bits per heavy atom. The lowest BCUT2D eigenvalue weighted by Gasteiger charge is -2.32. The van der Waals surface area contributed by atoms with Gasteiger partial charge in [-0.25, -0.2) is 12.8 Å². The van der Waals surface area contributed by atoms with Gasteiger partial charge in [0.25, 0.3) is 0 Å². The van der Waals surface area contributed by atoms with Crippen molar-refractivity contribution in [3.63, 3.8) is 0 Å².